The number of para-hydroxylation sites is 1. The molecule has 1 amide bonds. The van der Waals surface area contributed by atoms with Crippen molar-refractivity contribution in [2.24, 2.45) is 0 Å². The maximum Gasteiger partial charge on any atom is 0.255 e. The normalized spacial score (nSPS) is 15.0. The number of ether oxygens (including phenoxy) is 1. The van der Waals surface area contributed by atoms with Crippen LogP contribution in [0.2, 0.25) is 0 Å². The molecule has 1 N–H and O–H groups in total. The third-order valence-electron chi connectivity index (χ3n) is 5.45. The van der Waals surface area contributed by atoms with E-state index in [1.807, 2.05) is 54.3 Å². The summed E-state index contributed by atoms with van der Waals surface area (Å²) in [5.41, 5.74) is 3.83. The lowest BCUT2D eigenvalue weighted by Gasteiger charge is -2.32. The van der Waals surface area contributed by atoms with Gasteiger partial charge in [-0.3, -0.25) is 9.78 Å². The lowest BCUT2D eigenvalue weighted by molar-refractivity contribution is -0.917. The Bertz CT molecular complexity index is 977. The molecule has 4 rings (SSSR count). The topological polar surface area (TPSA) is 46.9 Å². The number of nitrogens with one attached hydrogen (secondary N) is 1. The van der Waals surface area contributed by atoms with Crippen molar-refractivity contribution in [3.8, 4) is 5.75 Å². The summed E-state index contributed by atoms with van der Waals surface area (Å²) < 4.78 is 5.23. The molecule has 1 aliphatic rings. The third kappa shape index (κ3) is 3.85. The largest absolute Gasteiger partial charge is 0.497 e. The summed E-state index contributed by atoms with van der Waals surface area (Å²) in [6.07, 6.45) is 0. The molecule has 2 heterocycles. The average Bonchev–Trinajstić information content (AvgIpc) is 2.73. The Kier molecular flexibility index (Phi) is 5.26. The molecule has 0 spiro atoms. The van der Waals surface area contributed by atoms with Crippen molar-refractivity contribution in [1.29, 1.82) is 0 Å². The molecule has 1 aliphatic heterocycles. The first kappa shape index (κ1) is 18.4. The van der Waals surface area contributed by atoms with Gasteiger partial charge in [0, 0.05) is 16.6 Å². The fourth-order valence-electron chi connectivity index (χ4n) is 3.89. The number of aryl methyl sites for hydroxylation is 1. The first-order chi connectivity index (χ1) is 13.6. The Morgan fingerprint density at radius 3 is 2.54 bits per heavy atom. The molecular weight excluding hydrogens is 350 g/mol. The second-order valence-corrected chi connectivity index (χ2v) is 7.40. The second kappa shape index (κ2) is 7.98. The van der Waals surface area contributed by atoms with Crippen molar-refractivity contribution in [2.45, 2.75) is 13.5 Å². The van der Waals surface area contributed by atoms with E-state index >= 15 is 0 Å². The molecule has 0 saturated carbocycles. The van der Waals surface area contributed by atoms with E-state index < -0.39 is 0 Å². The summed E-state index contributed by atoms with van der Waals surface area (Å²) in [5, 5.41) is 0.936. The van der Waals surface area contributed by atoms with Gasteiger partial charge in [0.1, 0.15) is 12.3 Å². The number of amides is 1. The van der Waals surface area contributed by atoms with Crippen molar-refractivity contribution < 1.29 is 14.4 Å². The zero-order chi connectivity index (χ0) is 19.5. The minimum absolute atomic E-state index is 0.116. The van der Waals surface area contributed by atoms with E-state index in [0.29, 0.717) is 0 Å². The van der Waals surface area contributed by atoms with E-state index in [0.717, 1.165) is 60.6 Å². The molecule has 0 unspecified atom stereocenters. The van der Waals surface area contributed by atoms with Gasteiger partial charge in [-0.05, 0) is 43.3 Å². The summed E-state index contributed by atoms with van der Waals surface area (Å²) >= 11 is 0. The van der Waals surface area contributed by atoms with Gasteiger partial charge in [-0.2, -0.15) is 0 Å². The molecule has 5 nitrogen and oxygen atoms in total. The van der Waals surface area contributed by atoms with Crippen LogP contribution in [0, 0.1) is 6.92 Å². The highest BCUT2D eigenvalue weighted by atomic mass is 16.5. The van der Waals surface area contributed by atoms with E-state index in [9.17, 15) is 4.79 Å². The Balaban J connectivity index is 1.43. The second-order valence-electron chi connectivity index (χ2n) is 7.40. The molecule has 0 radical (unpaired) electrons. The fourth-order valence-corrected chi connectivity index (χ4v) is 3.89. The van der Waals surface area contributed by atoms with Gasteiger partial charge in [-0.1, -0.05) is 18.2 Å². The molecule has 5 heteroatoms. The van der Waals surface area contributed by atoms with Crippen LogP contribution in [-0.4, -0.2) is 49.1 Å². The third-order valence-corrected chi connectivity index (χ3v) is 5.45. The summed E-state index contributed by atoms with van der Waals surface area (Å²) in [7, 11) is 1.68. The Labute approximate surface area is 165 Å². The number of rotatable bonds is 4. The maximum atomic E-state index is 13.2. The summed E-state index contributed by atoms with van der Waals surface area (Å²) in [6, 6.07) is 18.1. The quantitative estimate of drug-likeness (QED) is 0.759. The molecular formula is C23H26N3O2+. The number of benzene rings is 2. The van der Waals surface area contributed by atoms with Crippen molar-refractivity contribution in [1.82, 2.24) is 9.88 Å². The average molecular weight is 376 g/mol. The molecule has 28 heavy (non-hydrogen) atoms. The maximum absolute atomic E-state index is 13.2. The van der Waals surface area contributed by atoms with Crippen LogP contribution in [0.3, 0.4) is 0 Å². The predicted molar refractivity (Wildman–Crippen MR) is 110 cm³/mol. The number of carbonyl (C=O) groups excluding carboxylic acids is 1. The van der Waals surface area contributed by atoms with Gasteiger partial charge in [-0.15, -0.1) is 0 Å². The van der Waals surface area contributed by atoms with E-state index in [4.69, 9.17) is 4.74 Å². The van der Waals surface area contributed by atoms with Gasteiger partial charge >= 0.3 is 0 Å². The Morgan fingerprint density at radius 2 is 1.82 bits per heavy atom. The highest BCUT2D eigenvalue weighted by Gasteiger charge is 2.26. The van der Waals surface area contributed by atoms with E-state index in [1.165, 1.54) is 10.5 Å². The number of aromatic nitrogens is 1. The molecule has 144 valence electrons. The number of methoxy groups -OCH3 is 1. The van der Waals surface area contributed by atoms with Gasteiger partial charge < -0.3 is 14.5 Å². The zero-order valence-corrected chi connectivity index (χ0v) is 16.4. The highest BCUT2D eigenvalue weighted by Crippen LogP contribution is 2.20. The van der Waals surface area contributed by atoms with E-state index in [-0.39, 0.29) is 5.91 Å². The van der Waals surface area contributed by atoms with Gasteiger partial charge in [0.2, 0.25) is 0 Å². The molecule has 0 atom stereocenters. The van der Waals surface area contributed by atoms with Crippen molar-refractivity contribution in [2.75, 3.05) is 33.3 Å². The first-order valence-corrected chi connectivity index (χ1v) is 9.76. The highest BCUT2D eigenvalue weighted by molar-refractivity contribution is 6.06. The summed E-state index contributed by atoms with van der Waals surface area (Å²) in [6.45, 7) is 6.39. The summed E-state index contributed by atoms with van der Waals surface area (Å²) in [5.74, 6) is 0.999. The number of pyridine rings is 1. The number of hydrogen-bond acceptors (Lipinski definition) is 3. The molecule has 0 aliphatic carbocycles. The van der Waals surface area contributed by atoms with Gasteiger partial charge in [-0.25, -0.2) is 0 Å². The standard InChI is InChI=1S/C23H25N3O2/c1-17-15-21(20-5-3-4-6-22(20)24-17)23(27)26-13-11-25(12-14-26)16-18-7-9-19(28-2)10-8-18/h3-10,15H,11-14,16H2,1-2H3/p+1. The van der Waals surface area contributed by atoms with Crippen LogP contribution >= 0.6 is 0 Å². The molecule has 3 aromatic rings. The number of nitrogens with zero attached hydrogens (tertiary/aromatic N) is 2. The number of quaternary nitrogens is 1. The Hall–Kier alpha value is -2.92. The van der Waals surface area contributed by atoms with Crippen LogP contribution in [0.1, 0.15) is 21.6 Å². The number of hydrogen-bond donors (Lipinski definition) is 1. The molecule has 0 bridgehead atoms. The monoisotopic (exact) mass is 376 g/mol. The van der Waals surface area contributed by atoms with Gasteiger partial charge in [0.25, 0.3) is 5.91 Å². The lowest BCUT2D eigenvalue weighted by atomic mass is 10.1. The van der Waals surface area contributed by atoms with Crippen LogP contribution in [-0.2, 0) is 6.54 Å². The van der Waals surface area contributed by atoms with E-state index in [1.54, 1.807) is 7.11 Å². The van der Waals surface area contributed by atoms with Crippen LogP contribution < -0.4 is 9.64 Å². The van der Waals surface area contributed by atoms with Crippen molar-refractivity contribution in [3.05, 3.63) is 71.4 Å². The van der Waals surface area contributed by atoms with E-state index in [2.05, 4.69) is 17.1 Å². The number of carbonyl (C=O) groups is 1. The van der Waals surface area contributed by atoms with Crippen LogP contribution in [0.4, 0.5) is 0 Å². The molecule has 1 fully saturated rings. The van der Waals surface area contributed by atoms with Crippen LogP contribution in [0.5, 0.6) is 5.75 Å². The van der Waals surface area contributed by atoms with Crippen molar-refractivity contribution in [3.63, 3.8) is 0 Å². The minimum Gasteiger partial charge on any atom is -0.497 e. The SMILES string of the molecule is COc1ccc(C[NH+]2CCN(C(=O)c3cc(C)nc4ccccc34)CC2)cc1. The lowest BCUT2D eigenvalue weighted by Crippen LogP contribution is -3.13. The summed E-state index contributed by atoms with van der Waals surface area (Å²) in [4.78, 5) is 21.2. The van der Waals surface area contributed by atoms with Crippen LogP contribution in [0.15, 0.2) is 54.6 Å². The smallest absolute Gasteiger partial charge is 0.255 e. The predicted octanol–water partition coefficient (Wildman–Crippen LogP) is 2.09. The molecule has 1 saturated heterocycles. The Morgan fingerprint density at radius 1 is 1.11 bits per heavy atom. The van der Waals surface area contributed by atoms with Gasteiger partial charge in [0.15, 0.2) is 0 Å². The number of fused-ring (bicyclic) bond motifs is 1. The van der Waals surface area contributed by atoms with Gasteiger partial charge in [0.05, 0.1) is 44.4 Å². The fraction of sp³-hybridized carbons (Fsp3) is 0.304. The zero-order valence-electron chi connectivity index (χ0n) is 16.4. The minimum atomic E-state index is 0.116. The van der Waals surface area contributed by atoms with Crippen molar-refractivity contribution >= 4 is 16.8 Å². The molecule has 2 aromatic carbocycles. The first-order valence-electron chi connectivity index (χ1n) is 9.76. The van der Waals surface area contributed by atoms with Crippen LogP contribution in [0.25, 0.3) is 10.9 Å². The number of piperazine rings is 1. The molecule has 1 aromatic heterocycles.